The van der Waals surface area contributed by atoms with Crippen molar-refractivity contribution in [2.24, 2.45) is 0 Å². The summed E-state index contributed by atoms with van der Waals surface area (Å²) in [5, 5.41) is 13.8. The molecular weight excluding hydrogens is 376 g/mol. The van der Waals surface area contributed by atoms with Gasteiger partial charge in [0.1, 0.15) is 6.61 Å². The number of aryl methyl sites for hydroxylation is 2. The van der Waals surface area contributed by atoms with Crippen molar-refractivity contribution in [3.05, 3.63) is 59.8 Å². The molecule has 1 atom stereocenters. The Morgan fingerprint density at radius 2 is 1.93 bits per heavy atom. The Morgan fingerprint density at radius 3 is 2.73 bits per heavy atom. The molecule has 5 nitrogen and oxygen atoms in total. The summed E-state index contributed by atoms with van der Waals surface area (Å²) in [7, 11) is 0. The van der Waals surface area contributed by atoms with Crippen molar-refractivity contribution in [3.8, 4) is 11.5 Å². The molecule has 5 heteroatoms. The molecule has 0 fully saturated rings. The number of fused-ring (bicyclic) bond motifs is 1. The van der Waals surface area contributed by atoms with E-state index in [1.807, 2.05) is 25.1 Å². The molecule has 0 unspecified atom stereocenters. The highest BCUT2D eigenvalue weighted by Crippen LogP contribution is 2.28. The quantitative estimate of drug-likeness (QED) is 0.437. The van der Waals surface area contributed by atoms with E-state index in [4.69, 9.17) is 14.6 Å². The minimum atomic E-state index is 0.224. The lowest BCUT2D eigenvalue weighted by Crippen LogP contribution is -2.31. The van der Waals surface area contributed by atoms with E-state index in [0.29, 0.717) is 19.3 Å². The van der Waals surface area contributed by atoms with E-state index in [-0.39, 0.29) is 6.61 Å². The van der Waals surface area contributed by atoms with Crippen LogP contribution in [0.4, 0.5) is 0 Å². The van der Waals surface area contributed by atoms with Gasteiger partial charge < -0.3 is 24.5 Å². The molecule has 2 N–H and O–H groups in total. The molecule has 30 heavy (non-hydrogen) atoms. The predicted octanol–water partition coefficient (Wildman–Crippen LogP) is 4.33. The third-order valence-corrected chi connectivity index (χ3v) is 5.19. The van der Waals surface area contributed by atoms with Gasteiger partial charge in [-0.3, -0.25) is 0 Å². The highest BCUT2D eigenvalue weighted by molar-refractivity contribution is 5.80. The first-order valence-electron chi connectivity index (χ1n) is 10.9. The van der Waals surface area contributed by atoms with Gasteiger partial charge in [0.05, 0.1) is 6.61 Å². The monoisotopic (exact) mass is 410 g/mol. The number of hydrogen-bond acceptors (Lipinski definition) is 4. The molecule has 1 aromatic heterocycles. The van der Waals surface area contributed by atoms with Crippen molar-refractivity contribution in [3.63, 3.8) is 0 Å². The molecule has 0 aliphatic heterocycles. The fourth-order valence-corrected chi connectivity index (χ4v) is 3.71. The summed E-state index contributed by atoms with van der Waals surface area (Å²) in [6.07, 6.45) is 3.85. The lowest BCUT2D eigenvalue weighted by atomic mass is 10.1. The number of aliphatic hydroxyl groups is 1. The Balaban J connectivity index is 1.47. The standard InChI is InChI=1S/C25H34N2O3/c1-4-29-25-16-19(2)6-9-24(25)30-15-11-26-20(3)17-21-7-8-23-22(18-21)10-13-27(23)12-5-14-28/h6-10,13,16,18,20,26,28H,4-5,11-12,14-15,17H2,1-3H3/t20-/m1/s1. The van der Waals surface area contributed by atoms with Gasteiger partial charge >= 0.3 is 0 Å². The van der Waals surface area contributed by atoms with Crippen LogP contribution in [0, 0.1) is 6.92 Å². The van der Waals surface area contributed by atoms with Gasteiger partial charge in [-0.25, -0.2) is 0 Å². The van der Waals surface area contributed by atoms with Gasteiger partial charge in [-0.1, -0.05) is 12.1 Å². The number of benzene rings is 2. The number of rotatable bonds is 12. The predicted molar refractivity (Wildman–Crippen MR) is 123 cm³/mol. The molecule has 3 aromatic rings. The molecule has 0 saturated heterocycles. The van der Waals surface area contributed by atoms with E-state index in [1.165, 1.54) is 22.0 Å². The summed E-state index contributed by atoms with van der Waals surface area (Å²) in [6.45, 7) is 9.32. The molecule has 1 heterocycles. The average Bonchev–Trinajstić information content (AvgIpc) is 3.13. The molecule has 0 saturated carbocycles. The Bertz CT molecular complexity index is 935. The van der Waals surface area contributed by atoms with E-state index in [1.54, 1.807) is 0 Å². The van der Waals surface area contributed by atoms with Crippen LogP contribution in [0.5, 0.6) is 11.5 Å². The lowest BCUT2D eigenvalue weighted by Gasteiger charge is -2.16. The average molecular weight is 411 g/mol. The largest absolute Gasteiger partial charge is 0.490 e. The van der Waals surface area contributed by atoms with Crippen LogP contribution in [-0.2, 0) is 13.0 Å². The number of hydrogen-bond donors (Lipinski definition) is 2. The van der Waals surface area contributed by atoms with Gasteiger partial charge in [0.25, 0.3) is 0 Å². The SMILES string of the molecule is CCOc1cc(C)ccc1OCCN[C@H](C)Cc1ccc2c(ccn2CCCO)c1. The van der Waals surface area contributed by atoms with Gasteiger partial charge in [-0.2, -0.15) is 0 Å². The third kappa shape index (κ3) is 6.00. The van der Waals surface area contributed by atoms with Crippen LogP contribution in [-0.4, -0.2) is 42.1 Å². The smallest absolute Gasteiger partial charge is 0.161 e. The molecular formula is C25H34N2O3. The summed E-state index contributed by atoms with van der Waals surface area (Å²) >= 11 is 0. The van der Waals surface area contributed by atoms with Gasteiger partial charge in [0.15, 0.2) is 11.5 Å². The zero-order valence-electron chi connectivity index (χ0n) is 18.4. The summed E-state index contributed by atoms with van der Waals surface area (Å²) < 4.78 is 13.8. The van der Waals surface area contributed by atoms with Gasteiger partial charge in [-0.15, -0.1) is 0 Å². The van der Waals surface area contributed by atoms with E-state index < -0.39 is 0 Å². The lowest BCUT2D eigenvalue weighted by molar-refractivity contribution is 0.272. The van der Waals surface area contributed by atoms with Crippen molar-refractivity contribution in [1.82, 2.24) is 9.88 Å². The Kier molecular flexibility index (Phi) is 8.17. The summed E-state index contributed by atoms with van der Waals surface area (Å²) in [5.74, 6) is 1.61. The van der Waals surface area contributed by atoms with Crippen LogP contribution in [0.3, 0.4) is 0 Å². The fourth-order valence-electron chi connectivity index (χ4n) is 3.71. The van der Waals surface area contributed by atoms with Crippen LogP contribution >= 0.6 is 0 Å². The van der Waals surface area contributed by atoms with E-state index in [9.17, 15) is 0 Å². The van der Waals surface area contributed by atoms with Gasteiger partial charge in [0, 0.05) is 37.5 Å². The van der Waals surface area contributed by atoms with Crippen molar-refractivity contribution >= 4 is 10.9 Å². The Hall–Kier alpha value is -2.50. The van der Waals surface area contributed by atoms with Crippen molar-refractivity contribution in [2.45, 2.75) is 46.2 Å². The second-order valence-electron chi connectivity index (χ2n) is 7.77. The van der Waals surface area contributed by atoms with E-state index >= 15 is 0 Å². The number of ether oxygens (including phenoxy) is 2. The first-order chi connectivity index (χ1) is 14.6. The molecule has 0 aliphatic rings. The normalized spacial score (nSPS) is 12.3. The second-order valence-corrected chi connectivity index (χ2v) is 7.77. The number of aliphatic hydroxyl groups excluding tert-OH is 1. The van der Waals surface area contributed by atoms with Crippen molar-refractivity contribution in [2.75, 3.05) is 26.4 Å². The number of nitrogens with one attached hydrogen (secondary N) is 1. The first kappa shape index (κ1) is 22.2. The molecule has 3 rings (SSSR count). The molecule has 0 spiro atoms. The molecule has 0 aliphatic carbocycles. The van der Waals surface area contributed by atoms with Crippen molar-refractivity contribution < 1.29 is 14.6 Å². The molecule has 0 amide bonds. The molecule has 0 radical (unpaired) electrons. The maximum Gasteiger partial charge on any atom is 0.161 e. The van der Waals surface area contributed by atoms with Crippen LogP contribution in [0.15, 0.2) is 48.7 Å². The van der Waals surface area contributed by atoms with E-state index in [2.05, 4.69) is 54.2 Å². The highest BCUT2D eigenvalue weighted by Gasteiger charge is 2.08. The Labute approximate surface area is 179 Å². The molecule has 162 valence electrons. The summed E-state index contributed by atoms with van der Waals surface area (Å²) in [4.78, 5) is 0. The topological polar surface area (TPSA) is 55.7 Å². The van der Waals surface area contributed by atoms with Gasteiger partial charge in [-0.05, 0) is 80.5 Å². The minimum absolute atomic E-state index is 0.224. The van der Waals surface area contributed by atoms with Crippen LogP contribution in [0.1, 0.15) is 31.4 Å². The second kappa shape index (κ2) is 11.0. The van der Waals surface area contributed by atoms with Gasteiger partial charge in [0.2, 0.25) is 0 Å². The van der Waals surface area contributed by atoms with E-state index in [0.717, 1.165) is 37.4 Å². The molecule has 0 bridgehead atoms. The summed E-state index contributed by atoms with van der Waals surface area (Å²) in [6, 6.07) is 15.2. The third-order valence-electron chi connectivity index (χ3n) is 5.19. The first-order valence-corrected chi connectivity index (χ1v) is 10.9. The van der Waals surface area contributed by atoms with Crippen LogP contribution in [0.25, 0.3) is 10.9 Å². The number of nitrogens with zero attached hydrogens (tertiary/aromatic N) is 1. The maximum atomic E-state index is 9.05. The summed E-state index contributed by atoms with van der Waals surface area (Å²) in [5.41, 5.74) is 3.71. The van der Waals surface area contributed by atoms with Crippen LogP contribution in [0.2, 0.25) is 0 Å². The Morgan fingerprint density at radius 1 is 1.07 bits per heavy atom. The number of aromatic nitrogens is 1. The van der Waals surface area contributed by atoms with Crippen LogP contribution < -0.4 is 14.8 Å². The minimum Gasteiger partial charge on any atom is -0.490 e. The maximum absolute atomic E-state index is 9.05. The van der Waals surface area contributed by atoms with Crippen molar-refractivity contribution in [1.29, 1.82) is 0 Å². The fraction of sp³-hybridized carbons (Fsp3) is 0.440. The zero-order chi connectivity index (χ0) is 21.3. The molecule has 2 aromatic carbocycles. The zero-order valence-corrected chi connectivity index (χ0v) is 18.4. The highest BCUT2D eigenvalue weighted by atomic mass is 16.5.